The molecule has 7 heteroatoms. The molecular weight excluding hydrogens is 266 g/mol. The summed E-state index contributed by atoms with van der Waals surface area (Å²) in [6.07, 6.45) is 0. The molecule has 0 aromatic carbocycles. The highest BCUT2D eigenvalue weighted by Gasteiger charge is 2.19. The molecule has 0 unspecified atom stereocenters. The average molecular weight is 279 g/mol. The molecule has 2 aromatic rings. The summed E-state index contributed by atoms with van der Waals surface area (Å²) in [5.41, 5.74) is 8.12. The van der Waals surface area contributed by atoms with Crippen LogP contribution in [0.15, 0.2) is 6.07 Å². The van der Waals surface area contributed by atoms with Crippen LogP contribution in [0.4, 0.5) is 5.69 Å². The Morgan fingerprint density at radius 3 is 2.79 bits per heavy atom. The molecule has 4 N–H and O–H groups in total. The van der Waals surface area contributed by atoms with E-state index in [2.05, 4.69) is 10.3 Å². The maximum Gasteiger partial charge on any atom is 0.322 e. The van der Waals surface area contributed by atoms with Crippen molar-refractivity contribution in [2.24, 2.45) is 0 Å². The van der Waals surface area contributed by atoms with Crippen LogP contribution in [0.25, 0.3) is 10.2 Å². The number of nitrogens with two attached hydrogens (primary N) is 1. The van der Waals surface area contributed by atoms with Gasteiger partial charge in [-0.2, -0.15) is 0 Å². The summed E-state index contributed by atoms with van der Waals surface area (Å²) >= 11 is 1.17. The van der Waals surface area contributed by atoms with E-state index in [0.29, 0.717) is 15.4 Å². The van der Waals surface area contributed by atoms with Crippen LogP contribution < -0.4 is 11.1 Å². The molecule has 0 aliphatic rings. The van der Waals surface area contributed by atoms with Crippen molar-refractivity contribution >= 4 is 39.1 Å². The molecule has 0 saturated heterocycles. The zero-order valence-electron chi connectivity index (χ0n) is 10.5. The number of nitrogens with zero attached hydrogens (tertiary/aromatic N) is 1. The second kappa shape index (κ2) is 4.85. The maximum absolute atomic E-state index is 11.9. The number of aliphatic carboxylic acids is 1. The number of rotatable bonds is 3. The van der Waals surface area contributed by atoms with Crippen molar-refractivity contribution in [2.75, 3.05) is 12.3 Å². The molecule has 1 amide bonds. The van der Waals surface area contributed by atoms with Crippen LogP contribution in [0.2, 0.25) is 0 Å². The van der Waals surface area contributed by atoms with Gasteiger partial charge >= 0.3 is 5.97 Å². The second-order valence-corrected chi connectivity index (χ2v) is 5.18. The minimum absolute atomic E-state index is 0.303. The molecule has 2 aromatic heterocycles. The zero-order valence-corrected chi connectivity index (χ0v) is 11.3. The van der Waals surface area contributed by atoms with Gasteiger partial charge in [-0.05, 0) is 25.5 Å². The lowest BCUT2D eigenvalue weighted by atomic mass is 10.1. The predicted molar refractivity (Wildman–Crippen MR) is 73.5 cm³/mol. The smallest absolute Gasteiger partial charge is 0.322 e. The first-order valence-corrected chi connectivity index (χ1v) is 6.38. The molecule has 0 saturated carbocycles. The lowest BCUT2D eigenvalue weighted by Crippen LogP contribution is -2.29. The molecule has 0 fully saturated rings. The summed E-state index contributed by atoms with van der Waals surface area (Å²) in [5, 5.41) is 11.6. The quantitative estimate of drug-likeness (QED) is 0.785. The molecule has 6 nitrogen and oxygen atoms in total. The van der Waals surface area contributed by atoms with E-state index in [9.17, 15) is 9.59 Å². The number of nitrogens with one attached hydrogen (secondary N) is 1. The Morgan fingerprint density at radius 1 is 1.47 bits per heavy atom. The van der Waals surface area contributed by atoms with Crippen molar-refractivity contribution in [3.8, 4) is 0 Å². The number of carboxylic acid groups (broad SMARTS) is 1. The summed E-state index contributed by atoms with van der Waals surface area (Å²) in [6.45, 7) is 3.34. The number of carbonyl (C=O) groups is 2. The normalized spacial score (nSPS) is 10.6. The van der Waals surface area contributed by atoms with Gasteiger partial charge in [0.1, 0.15) is 16.3 Å². The van der Waals surface area contributed by atoms with Gasteiger partial charge in [0.25, 0.3) is 5.91 Å². The van der Waals surface area contributed by atoms with E-state index >= 15 is 0 Å². The molecule has 0 spiro atoms. The number of fused-ring (bicyclic) bond motifs is 1. The number of carboxylic acids is 1. The fraction of sp³-hybridized carbons (Fsp3) is 0.250. The highest BCUT2D eigenvalue weighted by Crippen LogP contribution is 2.34. The summed E-state index contributed by atoms with van der Waals surface area (Å²) in [7, 11) is 0. The monoisotopic (exact) mass is 279 g/mol. The second-order valence-electron chi connectivity index (χ2n) is 4.18. The van der Waals surface area contributed by atoms with Crippen molar-refractivity contribution < 1.29 is 14.7 Å². The lowest BCUT2D eigenvalue weighted by Gasteiger charge is -2.01. The summed E-state index contributed by atoms with van der Waals surface area (Å²) in [6, 6.07) is 1.89. The van der Waals surface area contributed by atoms with Gasteiger partial charge in [0, 0.05) is 11.1 Å². The number of carbonyl (C=O) groups excluding carboxylic acids is 1. The average Bonchev–Trinajstić information content (AvgIpc) is 2.63. The number of aromatic nitrogens is 1. The Bertz CT molecular complexity index is 678. The number of anilines is 1. The van der Waals surface area contributed by atoms with E-state index in [1.165, 1.54) is 11.3 Å². The van der Waals surface area contributed by atoms with Gasteiger partial charge in [-0.15, -0.1) is 11.3 Å². The zero-order chi connectivity index (χ0) is 14.2. The molecule has 2 rings (SSSR count). The van der Waals surface area contributed by atoms with Crippen LogP contribution in [0, 0.1) is 13.8 Å². The van der Waals surface area contributed by atoms with Crippen LogP contribution in [-0.4, -0.2) is 28.5 Å². The standard InChI is InChI=1S/C12H13N3O3S/c1-5-3-6(2)15-12-8(5)9(13)10(19-12)11(18)14-4-7(16)17/h3H,4,13H2,1-2H3,(H,14,18)(H,16,17). The fourth-order valence-corrected chi connectivity index (χ4v) is 3.01. The van der Waals surface area contributed by atoms with Crippen molar-refractivity contribution in [1.82, 2.24) is 10.3 Å². The number of nitrogen functional groups attached to an aromatic ring is 1. The van der Waals surface area contributed by atoms with Crippen molar-refractivity contribution in [3.63, 3.8) is 0 Å². The number of hydrogen-bond donors (Lipinski definition) is 3. The van der Waals surface area contributed by atoms with Crippen LogP contribution in [-0.2, 0) is 4.79 Å². The third-order valence-corrected chi connectivity index (χ3v) is 3.73. The third kappa shape index (κ3) is 2.50. The van der Waals surface area contributed by atoms with Gasteiger partial charge in [-0.25, -0.2) is 4.98 Å². The Hall–Kier alpha value is -2.15. The Labute approximate surface area is 113 Å². The first-order valence-electron chi connectivity index (χ1n) is 5.56. The van der Waals surface area contributed by atoms with E-state index < -0.39 is 18.4 Å². The van der Waals surface area contributed by atoms with Crippen molar-refractivity contribution in [1.29, 1.82) is 0 Å². The number of hydrogen-bond acceptors (Lipinski definition) is 5. The molecule has 0 atom stereocenters. The van der Waals surface area contributed by atoms with E-state index in [0.717, 1.165) is 16.6 Å². The SMILES string of the molecule is Cc1cc(C)c2c(N)c(C(=O)NCC(=O)O)sc2n1. The molecule has 0 aliphatic heterocycles. The highest BCUT2D eigenvalue weighted by molar-refractivity contribution is 7.21. The van der Waals surface area contributed by atoms with Crippen molar-refractivity contribution in [2.45, 2.75) is 13.8 Å². The molecule has 0 aliphatic carbocycles. The van der Waals surface area contributed by atoms with Gasteiger partial charge in [0.15, 0.2) is 0 Å². The van der Waals surface area contributed by atoms with E-state index in [1.807, 2.05) is 19.9 Å². The maximum atomic E-state index is 11.9. The predicted octanol–water partition coefficient (Wildman–Crippen LogP) is 1.31. The van der Waals surface area contributed by atoms with Gasteiger partial charge in [-0.1, -0.05) is 0 Å². The van der Waals surface area contributed by atoms with Crippen LogP contribution in [0.5, 0.6) is 0 Å². The number of amides is 1. The molecule has 19 heavy (non-hydrogen) atoms. The molecular formula is C12H13N3O3S. The summed E-state index contributed by atoms with van der Waals surface area (Å²) < 4.78 is 0. The minimum Gasteiger partial charge on any atom is -0.480 e. The summed E-state index contributed by atoms with van der Waals surface area (Å²) in [4.78, 5) is 27.6. The van der Waals surface area contributed by atoms with E-state index in [-0.39, 0.29) is 0 Å². The van der Waals surface area contributed by atoms with Crippen LogP contribution in [0.1, 0.15) is 20.9 Å². The van der Waals surface area contributed by atoms with Crippen LogP contribution >= 0.6 is 11.3 Å². The molecule has 2 heterocycles. The minimum atomic E-state index is -1.10. The molecule has 0 bridgehead atoms. The van der Waals surface area contributed by atoms with Gasteiger partial charge in [-0.3, -0.25) is 9.59 Å². The van der Waals surface area contributed by atoms with Crippen molar-refractivity contribution in [3.05, 3.63) is 22.2 Å². The largest absolute Gasteiger partial charge is 0.480 e. The van der Waals surface area contributed by atoms with E-state index in [1.54, 1.807) is 0 Å². The summed E-state index contributed by atoms with van der Waals surface area (Å²) in [5.74, 6) is -1.59. The molecule has 0 radical (unpaired) electrons. The first-order chi connectivity index (χ1) is 8.90. The first kappa shape index (κ1) is 13.3. The third-order valence-electron chi connectivity index (χ3n) is 2.63. The Balaban J connectivity index is 2.45. The number of aryl methyl sites for hydroxylation is 2. The fourth-order valence-electron chi connectivity index (χ4n) is 1.87. The lowest BCUT2D eigenvalue weighted by molar-refractivity contribution is -0.135. The Morgan fingerprint density at radius 2 is 2.16 bits per heavy atom. The number of pyridine rings is 1. The van der Waals surface area contributed by atoms with Gasteiger partial charge in [0.05, 0.1) is 5.69 Å². The van der Waals surface area contributed by atoms with E-state index in [4.69, 9.17) is 10.8 Å². The van der Waals surface area contributed by atoms with Gasteiger partial charge in [0.2, 0.25) is 0 Å². The van der Waals surface area contributed by atoms with Crippen LogP contribution in [0.3, 0.4) is 0 Å². The molecule has 100 valence electrons. The Kier molecular flexibility index (Phi) is 3.39. The topological polar surface area (TPSA) is 105 Å². The van der Waals surface area contributed by atoms with Gasteiger partial charge < -0.3 is 16.2 Å². The number of thiophene rings is 1. The highest BCUT2D eigenvalue weighted by atomic mass is 32.1.